The van der Waals surface area contributed by atoms with Crippen LogP contribution in [0.2, 0.25) is 5.02 Å². The molecule has 8 nitrogen and oxygen atoms in total. The summed E-state index contributed by atoms with van der Waals surface area (Å²) in [4.78, 5) is 6.20. The van der Waals surface area contributed by atoms with Crippen molar-refractivity contribution in [3.8, 4) is 11.5 Å². The van der Waals surface area contributed by atoms with Gasteiger partial charge in [-0.2, -0.15) is 4.31 Å². The van der Waals surface area contributed by atoms with Gasteiger partial charge in [-0.1, -0.05) is 11.6 Å². The second kappa shape index (κ2) is 7.96. The Morgan fingerprint density at radius 1 is 1.04 bits per heavy atom. The summed E-state index contributed by atoms with van der Waals surface area (Å²) in [7, 11) is -3.51. The highest BCUT2D eigenvalue weighted by Crippen LogP contribution is 2.21. The second-order valence-electron chi connectivity index (χ2n) is 6.38. The number of pyridine rings is 1. The first-order chi connectivity index (χ1) is 13.5. The van der Waals surface area contributed by atoms with Crippen LogP contribution in [0.25, 0.3) is 11.5 Å². The third kappa shape index (κ3) is 4.07. The van der Waals surface area contributed by atoms with E-state index in [0.717, 1.165) is 5.56 Å². The summed E-state index contributed by atoms with van der Waals surface area (Å²) in [5, 5.41) is 8.81. The summed E-state index contributed by atoms with van der Waals surface area (Å²) >= 11 is 5.89. The summed E-state index contributed by atoms with van der Waals surface area (Å²) in [5.74, 6) is 0.929. The molecule has 0 atom stereocenters. The lowest BCUT2D eigenvalue weighted by Crippen LogP contribution is -2.48. The lowest BCUT2D eigenvalue weighted by atomic mass is 10.2. The molecule has 10 heteroatoms. The van der Waals surface area contributed by atoms with Crippen LogP contribution in [0.1, 0.15) is 5.89 Å². The number of rotatable bonds is 5. The average molecular weight is 420 g/mol. The van der Waals surface area contributed by atoms with E-state index in [0.29, 0.717) is 49.5 Å². The van der Waals surface area contributed by atoms with Gasteiger partial charge in [0.1, 0.15) is 4.90 Å². The third-order valence-electron chi connectivity index (χ3n) is 4.52. The Kier molecular flexibility index (Phi) is 5.40. The van der Waals surface area contributed by atoms with Crippen LogP contribution in [-0.4, -0.2) is 59.0 Å². The first-order valence-corrected chi connectivity index (χ1v) is 10.5. The van der Waals surface area contributed by atoms with Crippen LogP contribution < -0.4 is 0 Å². The van der Waals surface area contributed by atoms with E-state index in [4.69, 9.17) is 16.0 Å². The van der Waals surface area contributed by atoms with E-state index in [1.807, 2.05) is 12.1 Å². The molecule has 0 aliphatic carbocycles. The van der Waals surface area contributed by atoms with Gasteiger partial charge in [0.15, 0.2) is 0 Å². The maximum Gasteiger partial charge on any atom is 0.247 e. The van der Waals surface area contributed by atoms with Gasteiger partial charge in [-0.3, -0.25) is 9.88 Å². The Balaban J connectivity index is 1.37. The van der Waals surface area contributed by atoms with Crippen LogP contribution in [0.3, 0.4) is 0 Å². The molecule has 0 saturated carbocycles. The van der Waals surface area contributed by atoms with E-state index in [2.05, 4.69) is 20.1 Å². The van der Waals surface area contributed by atoms with Crippen molar-refractivity contribution in [2.45, 2.75) is 11.4 Å². The highest BCUT2D eigenvalue weighted by Gasteiger charge is 2.29. The largest absolute Gasteiger partial charge is 0.419 e. The van der Waals surface area contributed by atoms with Gasteiger partial charge in [0.2, 0.25) is 21.8 Å². The minimum absolute atomic E-state index is 0.216. The first-order valence-electron chi connectivity index (χ1n) is 8.73. The third-order valence-corrected chi connectivity index (χ3v) is 6.65. The molecule has 1 aliphatic heterocycles. The van der Waals surface area contributed by atoms with Crippen molar-refractivity contribution in [1.82, 2.24) is 24.4 Å². The number of hydrogen-bond donors (Lipinski definition) is 0. The minimum atomic E-state index is -3.51. The Morgan fingerprint density at radius 3 is 2.46 bits per heavy atom. The van der Waals surface area contributed by atoms with Gasteiger partial charge in [0, 0.05) is 49.2 Å². The van der Waals surface area contributed by atoms with Crippen molar-refractivity contribution in [2.24, 2.45) is 0 Å². The molecular formula is C18H18ClN5O3S. The molecule has 1 saturated heterocycles. The number of benzene rings is 1. The van der Waals surface area contributed by atoms with Gasteiger partial charge in [-0.05, 0) is 36.4 Å². The molecule has 0 unspecified atom stereocenters. The molecule has 1 aliphatic rings. The van der Waals surface area contributed by atoms with Crippen LogP contribution in [0.5, 0.6) is 0 Å². The zero-order chi connectivity index (χ0) is 19.6. The molecule has 28 heavy (non-hydrogen) atoms. The van der Waals surface area contributed by atoms with Crippen molar-refractivity contribution < 1.29 is 12.8 Å². The summed E-state index contributed by atoms with van der Waals surface area (Å²) in [5.41, 5.74) is 0.801. The van der Waals surface area contributed by atoms with Gasteiger partial charge in [-0.15, -0.1) is 10.2 Å². The van der Waals surface area contributed by atoms with E-state index in [9.17, 15) is 8.42 Å². The van der Waals surface area contributed by atoms with Crippen molar-refractivity contribution in [3.05, 3.63) is 59.7 Å². The molecule has 1 aromatic carbocycles. The first kappa shape index (κ1) is 19.0. The Bertz CT molecular complexity index is 1030. The van der Waals surface area contributed by atoms with Gasteiger partial charge in [-0.25, -0.2) is 8.42 Å². The normalized spacial score (nSPS) is 16.3. The van der Waals surface area contributed by atoms with Crippen LogP contribution >= 0.6 is 11.6 Å². The molecule has 2 aromatic heterocycles. The van der Waals surface area contributed by atoms with Crippen molar-refractivity contribution in [3.63, 3.8) is 0 Å². The highest BCUT2D eigenvalue weighted by molar-refractivity contribution is 7.89. The predicted molar refractivity (Wildman–Crippen MR) is 103 cm³/mol. The molecule has 1 fully saturated rings. The van der Waals surface area contributed by atoms with E-state index < -0.39 is 10.0 Å². The van der Waals surface area contributed by atoms with Gasteiger partial charge in [0.05, 0.1) is 6.54 Å². The summed E-state index contributed by atoms with van der Waals surface area (Å²) in [6, 6.07) is 10.4. The quantitative estimate of drug-likeness (QED) is 0.626. The highest BCUT2D eigenvalue weighted by atomic mass is 35.5. The van der Waals surface area contributed by atoms with Crippen molar-refractivity contribution >= 4 is 21.6 Å². The second-order valence-corrected chi connectivity index (χ2v) is 8.75. The Labute approximate surface area is 167 Å². The molecule has 0 bridgehead atoms. The number of hydrogen-bond acceptors (Lipinski definition) is 7. The zero-order valence-corrected chi connectivity index (χ0v) is 16.5. The van der Waals surface area contributed by atoms with E-state index in [1.54, 1.807) is 30.5 Å². The molecule has 3 heterocycles. The van der Waals surface area contributed by atoms with E-state index in [-0.39, 0.29) is 4.90 Å². The smallest absolute Gasteiger partial charge is 0.247 e. The summed E-state index contributed by atoms with van der Waals surface area (Å²) in [6.07, 6.45) is 2.93. The van der Waals surface area contributed by atoms with Crippen molar-refractivity contribution in [1.29, 1.82) is 0 Å². The number of aromatic nitrogens is 3. The fourth-order valence-electron chi connectivity index (χ4n) is 2.99. The molecule has 146 valence electrons. The lowest BCUT2D eigenvalue weighted by molar-refractivity contribution is 0.168. The molecule has 4 rings (SSSR count). The summed E-state index contributed by atoms with van der Waals surface area (Å²) < 4.78 is 32.5. The Hall–Kier alpha value is -2.33. The lowest BCUT2D eigenvalue weighted by Gasteiger charge is -2.33. The number of halogens is 1. The van der Waals surface area contributed by atoms with Crippen LogP contribution in [0.4, 0.5) is 0 Å². The standard InChI is InChI=1S/C18H18ClN5O3S/c19-15-5-3-14(4-6-15)18-22-21-17(27-18)13-23-8-10-24(11-9-23)28(25,26)16-2-1-7-20-12-16/h1-7,12H,8-11,13H2. The SMILES string of the molecule is O=S(=O)(c1cccnc1)N1CCN(Cc2nnc(-c3ccc(Cl)cc3)o2)CC1. The maximum atomic E-state index is 12.7. The average Bonchev–Trinajstić information content (AvgIpc) is 3.18. The molecule has 0 radical (unpaired) electrons. The van der Waals surface area contributed by atoms with Crippen molar-refractivity contribution in [2.75, 3.05) is 26.2 Å². The molecule has 3 aromatic rings. The van der Waals surface area contributed by atoms with Gasteiger partial charge >= 0.3 is 0 Å². The van der Waals surface area contributed by atoms with Gasteiger partial charge in [0.25, 0.3) is 0 Å². The van der Waals surface area contributed by atoms with Gasteiger partial charge < -0.3 is 4.42 Å². The fourth-order valence-corrected chi connectivity index (χ4v) is 4.51. The summed E-state index contributed by atoms with van der Waals surface area (Å²) in [6.45, 7) is 2.43. The van der Waals surface area contributed by atoms with E-state index >= 15 is 0 Å². The van der Waals surface area contributed by atoms with Crippen LogP contribution in [-0.2, 0) is 16.6 Å². The Morgan fingerprint density at radius 2 is 1.79 bits per heavy atom. The molecule has 0 amide bonds. The number of sulfonamides is 1. The van der Waals surface area contributed by atoms with Crippen LogP contribution in [0.15, 0.2) is 58.1 Å². The zero-order valence-electron chi connectivity index (χ0n) is 14.9. The molecule has 0 N–H and O–H groups in total. The molecule has 0 spiro atoms. The van der Waals surface area contributed by atoms with E-state index in [1.165, 1.54) is 10.5 Å². The predicted octanol–water partition coefficient (Wildman–Crippen LogP) is 2.29. The van der Waals surface area contributed by atoms with Crippen LogP contribution in [0, 0.1) is 0 Å². The number of piperazine rings is 1. The fraction of sp³-hybridized carbons (Fsp3) is 0.278. The monoisotopic (exact) mass is 419 g/mol. The number of nitrogens with zero attached hydrogens (tertiary/aromatic N) is 5. The minimum Gasteiger partial charge on any atom is -0.419 e. The maximum absolute atomic E-state index is 12.7. The topological polar surface area (TPSA) is 92.4 Å². The molecular weight excluding hydrogens is 402 g/mol.